The van der Waals surface area contributed by atoms with Gasteiger partial charge in [-0.05, 0) is 12.1 Å². The van der Waals surface area contributed by atoms with Gasteiger partial charge >= 0.3 is 11.9 Å². The summed E-state index contributed by atoms with van der Waals surface area (Å²) in [6, 6.07) is 7.99. The van der Waals surface area contributed by atoms with Crippen LogP contribution < -0.4 is 0 Å². The highest BCUT2D eigenvalue weighted by Crippen LogP contribution is 2.25. The monoisotopic (exact) mass is 326 g/mol. The van der Waals surface area contributed by atoms with E-state index in [2.05, 4.69) is 0 Å². The molecule has 0 unspecified atom stereocenters. The zero-order chi connectivity index (χ0) is 17.0. The second-order valence-electron chi connectivity index (χ2n) is 5.05. The third-order valence-electron chi connectivity index (χ3n) is 3.36. The van der Waals surface area contributed by atoms with Crippen molar-refractivity contribution in [2.24, 2.45) is 0 Å². The van der Waals surface area contributed by atoms with E-state index in [1.54, 1.807) is 18.2 Å². The van der Waals surface area contributed by atoms with Crippen LogP contribution in [0.25, 0.3) is 0 Å². The Morgan fingerprint density at radius 3 is 2.35 bits per heavy atom. The van der Waals surface area contributed by atoms with Gasteiger partial charge in [-0.25, -0.2) is 4.79 Å². The second-order valence-corrected chi connectivity index (χ2v) is 5.05. The molecule has 1 aromatic carbocycles. The topological polar surface area (TPSA) is 123 Å². The molecule has 1 aromatic rings. The summed E-state index contributed by atoms with van der Waals surface area (Å²) in [5.74, 6) is -1.50. The van der Waals surface area contributed by atoms with E-state index in [4.69, 9.17) is 19.3 Å². The number of esters is 2. The lowest BCUT2D eigenvalue weighted by molar-refractivity contribution is -0.291. The van der Waals surface area contributed by atoms with Crippen LogP contribution in [-0.4, -0.2) is 64.6 Å². The van der Waals surface area contributed by atoms with Crippen LogP contribution in [0.4, 0.5) is 0 Å². The van der Waals surface area contributed by atoms with Crippen LogP contribution in [0.2, 0.25) is 0 Å². The summed E-state index contributed by atoms with van der Waals surface area (Å²) in [6.45, 7) is 0.514. The fraction of sp³-hybridized carbons (Fsp3) is 0.467. The van der Waals surface area contributed by atoms with Gasteiger partial charge in [0.2, 0.25) is 6.29 Å². The Kier molecular flexibility index (Phi) is 5.67. The molecule has 8 nitrogen and oxygen atoms in total. The fourth-order valence-electron chi connectivity index (χ4n) is 2.21. The van der Waals surface area contributed by atoms with Gasteiger partial charge in [-0.3, -0.25) is 4.79 Å². The summed E-state index contributed by atoms with van der Waals surface area (Å²) in [5.41, 5.74) is 0.222. The number of hydrogen-bond acceptors (Lipinski definition) is 8. The van der Waals surface area contributed by atoms with E-state index in [1.807, 2.05) is 0 Å². The van der Waals surface area contributed by atoms with Crippen LogP contribution in [0.15, 0.2) is 30.3 Å². The Bertz CT molecular complexity index is 546. The van der Waals surface area contributed by atoms with E-state index in [9.17, 15) is 19.8 Å². The van der Waals surface area contributed by atoms with Gasteiger partial charge in [0, 0.05) is 6.92 Å². The first kappa shape index (κ1) is 17.4. The number of aliphatic hydroxyl groups excluding tert-OH is 3. The first-order valence-corrected chi connectivity index (χ1v) is 6.99. The number of carbonyl (C=O) groups excluding carboxylic acids is 2. The lowest BCUT2D eigenvalue weighted by atomic mass is 9.99. The normalized spacial score (nSPS) is 30.5. The maximum atomic E-state index is 12.1. The molecule has 0 bridgehead atoms. The molecule has 5 atom stereocenters. The van der Waals surface area contributed by atoms with Crippen LogP contribution in [0.5, 0.6) is 0 Å². The average molecular weight is 326 g/mol. The van der Waals surface area contributed by atoms with Crippen LogP contribution in [0.3, 0.4) is 0 Å². The molecule has 8 heteroatoms. The van der Waals surface area contributed by atoms with Gasteiger partial charge in [-0.1, -0.05) is 18.2 Å². The number of hydrogen-bond donors (Lipinski definition) is 3. The van der Waals surface area contributed by atoms with E-state index in [0.29, 0.717) is 0 Å². The van der Waals surface area contributed by atoms with Gasteiger partial charge in [0.1, 0.15) is 18.3 Å². The summed E-state index contributed by atoms with van der Waals surface area (Å²) in [7, 11) is 0. The SMILES string of the molecule is CC(=O)O[C@H]1O[C@H](CO)[C@@H](O)[C@H](O)[C@H]1OC(=O)c1ccccc1. The maximum Gasteiger partial charge on any atom is 0.338 e. The summed E-state index contributed by atoms with van der Waals surface area (Å²) < 4.78 is 15.2. The van der Waals surface area contributed by atoms with Crippen molar-refractivity contribution in [3.8, 4) is 0 Å². The van der Waals surface area contributed by atoms with Crippen molar-refractivity contribution in [3.63, 3.8) is 0 Å². The van der Waals surface area contributed by atoms with E-state index < -0.39 is 49.3 Å². The fourth-order valence-corrected chi connectivity index (χ4v) is 2.21. The van der Waals surface area contributed by atoms with E-state index in [1.165, 1.54) is 12.1 Å². The minimum Gasteiger partial charge on any atom is -0.449 e. The summed E-state index contributed by atoms with van der Waals surface area (Å²) in [4.78, 5) is 23.2. The quantitative estimate of drug-likeness (QED) is 0.616. The number of carbonyl (C=O) groups is 2. The number of aliphatic hydroxyl groups is 3. The van der Waals surface area contributed by atoms with E-state index >= 15 is 0 Å². The molecule has 0 saturated carbocycles. The van der Waals surface area contributed by atoms with Crippen molar-refractivity contribution in [3.05, 3.63) is 35.9 Å². The zero-order valence-electron chi connectivity index (χ0n) is 12.4. The van der Waals surface area contributed by atoms with Crippen molar-refractivity contribution in [2.75, 3.05) is 6.61 Å². The first-order chi connectivity index (χ1) is 10.9. The van der Waals surface area contributed by atoms with Crippen LogP contribution in [0.1, 0.15) is 17.3 Å². The minimum atomic E-state index is -1.59. The van der Waals surface area contributed by atoms with Crippen molar-refractivity contribution >= 4 is 11.9 Å². The molecule has 2 rings (SSSR count). The van der Waals surface area contributed by atoms with Crippen molar-refractivity contribution in [2.45, 2.75) is 37.6 Å². The van der Waals surface area contributed by atoms with Crippen LogP contribution >= 0.6 is 0 Å². The second kappa shape index (κ2) is 7.51. The molecule has 0 aliphatic carbocycles. The standard InChI is InChI=1S/C15H18O8/c1-8(17)21-15-13(12(19)11(18)10(7-16)22-15)23-14(20)9-5-3-2-4-6-9/h2-6,10-13,15-16,18-19H,7H2,1H3/t10-,11-,12+,13-,15+/m1/s1. The molecule has 23 heavy (non-hydrogen) atoms. The van der Waals surface area contributed by atoms with Gasteiger partial charge in [-0.2, -0.15) is 0 Å². The molecule has 1 saturated heterocycles. The highest BCUT2D eigenvalue weighted by Gasteiger charge is 2.48. The van der Waals surface area contributed by atoms with E-state index in [-0.39, 0.29) is 5.56 Å². The van der Waals surface area contributed by atoms with Crippen LogP contribution in [0, 0.1) is 0 Å². The Morgan fingerprint density at radius 2 is 1.78 bits per heavy atom. The molecule has 0 radical (unpaired) electrons. The highest BCUT2D eigenvalue weighted by atomic mass is 16.7. The molecule has 1 aliphatic heterocycles. The predicted octanol–water partition coefficient (Wildman–Crippen LogP) is -0.786. The first-order valence-electron chi connectivity index (χ1n) is 6.99. The van der Waals surface area contributed by atoms with Crippen molar-refractivity contribution in [1.82, 2.24) is 0 Å². The third-order valence-corrected chi connectivity index (χ3v) is 3.36. The Morgan fingerprint density at radius 1 is 1.13 bits per heavy atom. The van der Waals surface area contributed by atoms with Gasteiger partial charge in [0.25, 0.3) is 0 Å². The average Bonchev–Trinajstić information content (AvgIpc) is 2.54. The molecule has 126 valence electrons. The largest absolute Gasteiger partial charge is 0.449 e. The molecular formula is C15H18O8. The lowest BCUT2D eigenvalue weighted by Crippen LogP contribution is -2.60. The molecule has 1 fully saturated rings. The Labute approximate surface area is 132 Å². The highest BCUT2D eigenvalue weighted by molar-refractivity contribution is 5.89. The smallest absolute Gasteiger partial charge is 0.338 e. The van der Waals surface area contributed by atoms with Crippen LogP contribution in [-0.2, 0) is 19.0 Å². The maximum absolute atomic E-state index is 12.1. The van der Waals surface area contributed by atoms with Gasteiger partial charge in [-0.15, -0.1) is 0 Å². The van der Waals surface area contributed by atoms with Gasteiger partial charge in [0.15, 0.2) is 6.10 Å². The molecule has 0 aromatic heterocycles. The third kappa shape index (κ3) is 4.05. The Hall–Kier alpha value is -2.00. The van der Waals surface area contributed by atoms with Crippen molar-refractivity contribution in [1.29, 1.82) is 0 Å². The lowest BCUT2D eigenvalue weighted by Gasteiger charge is -2.40. The minimum absolute atomic E-state index is 0.222. The number of ether oxygens (including phenoxy) is 3. The molecule has 0 spiro atoms. The summed E-state index contributed by atoms with van der Waals surface area (Å²) >= 11 is 0. The van der Waals surface area contributed by atoms with E-state index in [0.717, 1.165) is 6.92 Å². The van der Waals surface area contributed by atoms with Crippen molar-refractivity contribution < 1.29 is 39.1 Å². The Balaban J connectivity index is 2.17. The molecule has 0 amide bonds. The number of rotatable bonds is 4. The summed E-state index contributed by atoms with van der Waals surface area (Å²) in [6.07, 6.45) is -7.11. The number of benzene rings is 1. The molecular weight excluding hydrogens is 308 g/mol. The van der Waals surface area contributed by atoms with Gasteiger partial charge < -0.3 is 29.5 Å². The molecule has 3 N–H and O–H groups in total. The zero-order valence-corrected chi connectivity index (χ0v) is 12.4. The predicted molar refractivity (Wildman–Crippen MR) is 75.2 cm³/mol. The molecule has 1 heterocycles. The van der Waals surface area contributed by atoms with Gasteiger partial charge in [0.05, 0.1) is 12.2 Å². The summed E-state index contributed by atoms with van der Waals surface area (Å²) in [5, 5.41) is 29.1. The molecule has 1 aliphatic rings.